The lowest BCUT2D eigenvalue weighted by Crippen LogP contribution is -2.26. The molecule has 0 radical (unpaired) electrons. The summed E-state index contributed by atoms with van der Waals surface area (Å²) in [6.45, 7) is 3.81. The minimum absolute atomic E-state index is 0.0145. The molecule has 0 saturated heterocycles. The fourth-order valence-corrected chi connectivity index (χ4v) is 2.52. The van der Waals surface area contributed by atoms with Gasteiger partial charge in [-0.05, 0) is 37.6 Å². The van der Waals surface area contributed by atoms with Gasteiger partial charge in [-0.1, -0.05) is 11.8 Å². The Bertz CT molecular complexity index is 937. The molecule has 0 saturated carbocycles. The van der Waals surface area contributed by atoms with Gasteiger partial charge in [0.25, 0.3) is 5.56 Å². The second kappa shape index (κ2) is 9.57. The topological polar surface area (TPSA) is 139 Å². The molecule has 0 atom stereocenters. The van der Waals surface area contributed by atoms with E-state index in [2.05, 4.69) is 20.7 Å². The van der Waals surface area contributed by atoms with Gasteiger partial charge in [-0.15, -0.1) is 0 Å². The van der Waals surface area contributed by atoms with Crippen LogP contribution in [0.3, 0.4) is 0 Å². The van der Waals surface area contributed by atoms with Gasteiger partial charge in [0, 0.05) is 0 Å². The van der Waals surface area contributed by atoms with Crippen molar-refractivity contribution in [3.05, 3.63) is 44.6 Å². The highest BCUT2D eigenvalue weighted by molar-refractivity contribution is 7.99. The fraction of sp³-hybridized carbons (Fsp3) is 0.312. The molecule has 2 aromatic rings. The lowest BCUT2D eigenvalue weighted by molar-refractivity contribution is -0.118. The second-order valence-corrected chi connectivity index (χ2v) is 6.43. The normalized spacial score (nSPS) is 11.0. The van der Waals surface area contributed by atoms with E-state index < -0.39 is 17.2 Å². The van der Waals surface area contributed by atoms with Crippen LogP contribution in [0.15, 0.2) is 37.9 Å². The van der Waals surface area contributed by atoms with Crippen molar-refractivity contribution in [2.24, 2.45) is 5.10 Å². The molecular weight excluding hydrogens is 374 g/mol. The van der Waals surface area contributed by atoms with E-state index in [0.717, 1.165) is 11.8 Å². The molecule has 144 valence electrons. The highest BCUT2D eigenvalue weighted by Crippen LogP contribution is 2.28. The number of nitrogens with zero attached hydrogens (tertiary/aromatic N) is 2. The van der Waals surface area contributed by atoms with Crippen molar-refractivity contribution >= 4 is 23.9 Å². The predicted octanol–water partition coefficient (Wildman–Crippen LogP) is 0.496. The lowest BCUT2D eigenvalue weighted by atomic mass is 10.2. The molecule has 0 aliphatic heterocycles. The van der Waals surface area contributed by atoms with Gasteiger partial charge in [0.15, 0.2) is 16.5 Å². The van der Waals surface area contributed by atoms with Crippen molar-refractivity contribution in [2.45, 2.75) is 25.0 Å². The average Bonchev–Trinajstić information content (AvgIpc) is 2.61. The van der Waals surface area contributed by atoms with Crippen LogP contribution >= 0.6 is 11.8 Å². The predicted molar refractivity (Wildman–Crippen MR) is 101 cm³/mol. The minimum Gasteiger partial charge on any atom is -0.493 e. The number of aromatic nitrogens is 3. The summed E-state index contributed by atoms with van der Waals surface area (Å²) in [5.74, 6) is 0.640. The van der Waals surface area contributed by atoms with Crippen LogP contribution in [0.4, 0.5) is 0 Å². The maximum absolute atomic E-state index is 11.8. The summed E-state index contributed by atoms with van der Waals surface area (Å²) >= 11 is 0.877. The van der Waals surface area contributed by atoms with Crippen LogP contribution in [-0.2, 0) is 4.79 Å². The Morgan fingerprint density at radius 3 is 2.81 bits per heavy atom. The van der Waals surface area contributed by atoms with E-state index in [4.69, 9.17) is 9.47 Å². The average molecular weight is 393 g/mol. The number of amides is 1. The van der Waals surface area contributed by atoms with Gasteiger partial charge in [0.1, 0.15) is 0 Å². The van der Waals surface area contributed by atoms with Crippen LogP contribution in [0.1, 0.15) is 19.4 Å². The SMILES string of the molecule is COc1ccc(/C=N/NC(=O)CSc2n[nH]c(=O)[nH]c2=O)cc1OC(C)C. The summed E-state index contributed by atoms with van der Waals surface area (Å²) in [5, 5.41) is 9.51. The molecule has 0 bridgehead atoms. The van der Waals surface area contributed by atoms with Crippen LogP contribution < -0.4 is 26.1 Å². The highest BCUT2D eigenvalue weighted by Gasteiger charge is 2.08. The summed E-state index contributed by atoms with van der Waals surface area (Å²) < 4.78 is 10.9. The third-order valence-electron chi connectivity index (χ3n) is 2.97. The van der Waals surface area contributed by atoms with Gasteiger partial charge in [-0.2, -0.15) is 10.2 Å². The molecule has 0 unspecified atom stereocenters. The fourth-order valence-electron chi connectivity index (χ4n) is 1.90. The summed E-state index contributed by atoms with van der Waals surface area (Å²) in [5.41, 5.74) is 1.69. The van der Waals surface area contributed by atoms with Crippen molar-refractivity contribution in [3.63, 3.8) is 0 Å². The number of hydrogen-bond donors (Lipinski definition) is 3. The molecule has 0 aliphatic carbocycles. The zero-order valence-corrected chi connectivity index (χ0v) is 15.8. The maximum atomic E-state index is 11.8. The van der Waals surface area contributed by atoms with E-state index in [0.29, 0.717) is 17.1 Å². The number of nitrogens with one attached hydrogen (secondary N) is 3. The van der Waals surface area contributed by atoms with E-state index in [-0.39, 0.29) is 16.9 Å². The number of H-pyrrole nitrogens is 2. The number of carbonyl (C=O) groups excluding carboxylic acids is 1. The van der Waals surface area contributed by atoms with E-state index in [1.807, 2.05) is 18.8 Å². The Kier molecular flexibility index (Phi) is 7.17. The standard InChI is InChI=1S/C16H19N5O5S/c1-9(2)26-12-6-10(4-5-11(12)25-3)7-17-19-13(22)8-27-15-14(23)18-16(24)21-20-15/h4-7,9H,8H2,1-3H3,(H,19,22)(H2,18,21,23,24)/b17-7+. The summed E-state index contributed by atoms with van der Waals surface area (Å²) in [6.07, 6.45) is 1.44. The van der Waals surface area contributed by atoms with Crippen molar-refractivity contribution in [3.8, 4) is 11.5 Å². The van der Waals surface area contributed by atoms with Crippen molar-refractivity contribution in [2.75, 3.05) is 12.9 Å². The Morgan fingerprint density at radius 1 is 1.37 bits per heavy atom. The Morgan fingerprint density at radius 2 is 2.15 bits per heavy atom. The maximum Gasteiger partial charge on any atom is 0.342 e. The second-order valence-electron chi connectivity index (χ2n) is 5.47. The van der Waals surface area contributed by atoms with Gasteiger partial charge in [-0.3, -0.25) is 14.6 Å². The summed E-state index contributed by atoms with van der Waals surface area (Å²) in [7, 11) is 1.55. The Hall–Kier alpha value is -3.08. The molecule has 1 aromatic heterocycles. The molecule has 11 heteroatoms. The quantitative estimate of drug-likeness (QED) is 0.337. The first-order chi connectivity index (χ1) is 12.9. The number of ether oxygens (including phenoxy) is 2. The number of methoxy groups -OCH3 is 1. The van der Waals surface area contributed by atoms with Gasteiger partial charge in [0.05, 0.1) is 25.2 Å². The smallest absolute Gasteiger partial charge is 0.342 e. The largest absolute Gasteiger partial charge is 0.493 e. The van der Waals surface area contributed by atoms with E-state index in [1.165, 1.54) is 6.21 Å². The van der Waals surface area contributed by atoms with E-state index in [1.54, 1.807) is 25.3 Å². The Balaban J connectivity index is 1.93. The highest BCUT2D eigenvalue weighted by atomic mass is 32.2. The number of carbonyl (C=O) groups is 1. The van der Waals surface area contributed by atoms with Crippen molar-refractivity contribution in [1.29, 1.82) is 0 Å². The monoisotopic (exact) mass is 393 g/mol. The van der Waals surface area contributed by atoms with Gasteiger partial charge < -0.3 is 9.47 Å². The van der Waals surface area contributed by atoms with E-state index >= 15 is 0 Å². The number of hydrogen-bond acceptors (Lipinski definition) is 8. The molecule has 1 aromatic carbocycles. The van der Waals surface area contributed by atoms with Gasteiger partial charge in [-0.25, -0.2) is 15.3 Å². The molecule has 3 N–H and O–H groups in total. The van der Waals surface area contributed by atoms with Crippen LogP contribution in [0.25, 0.3) is 0 Å². The molecule has 10 nitrogen and oxygen atoms in total. The first-order valence-electron chi connectivity index (χ1n) is 7.87. The van der Waals surface area contributed by atoms with Crippen LogP contribution in [0.5, 0.6) is 11.5 Å². The minimum atomic E-state index is -0.710. The third kappa shape index (κ3) is 6.29. The molecule has 27 heavy (non-hydrogen) atoms. The Labute approximate surface area is 158 Å². The molecule has 0 fully saturated rings. The zero-order valence-electron chi connectivity index (χ0n) is 14.9. The number of aromatic amines is 2. The third-order valence-corrected chi connectivity index (χ3v) is 3.93. The molecule has 1 amide bonds. The van der Waals surface area contributed by atoms with Gasteiger partial charge >= 0.3 is 5.69 Å². The van der Waals surface area contributed by atoms with Crippen LogP contribution in [-0.4, -0.2) is 46.3 Å². The molecule has 2 rings (SSSR count). The zero-order chi connectivity index (χ0) is 19.8. The number of rotatable bonds is 8. The molecule has 0 aliphatic rings. The lowest BCUT2D eigenvalue weighted by Gasteiger charge is -2.13. The number of hydrazone groups is 1. The van der Waals surface area contributed by atoms with Crippen LogP contribution in [0.2, 0.25) is 0 Å². The van der Waals surface area contributed by atoms with Gasteiger partial charge in [0.2, 0.25) is 5.91 Å². The van der Waals surface area contributed by atoms with Crippen molar-refractivity contribution in [1.82, 2.24) is 20.6 Å². The number of benzene rings is 1. The first-order valence-corrected chi connectivity index (χ1v) is 8.86. The molecular formula is C16H19N5O5S. The summed E-state index contributed by atoms with van der Waals surface area (Å²) in [6, 6.07) is 5.25. The van der Waals surface area contributed by atoms with Crippen LogP contribution in [0, 0.1) is 0 Å². The van der Waals surface area contributed by atoms with E-state index in [9.17, 15) is 14.4 Å². The first kappa shape index (κ1) is 20.2. The number of thioether (sulfide) groups is 1. The molecule has 0 spiro atoms. The summed E-state index contributed by atoms with van der Waals surface area (Å²) in [4.78, 5) is 36.2. The van der Waals surface area contributed by atoms with Crippen molar-refractivity contribution < 1.29 is 14.3 Å². The molecule has 1 heterocycles.